The lowest BCUT2D eigenvalue weighted by atomic mass is 10.2. The quantitative estimate of drug-likeness (QED) is 0.865. The minimum atomic E-state index is 0.715. The van der Waals surface area contributed by atoms with Crippen LogP contribution in [0.2, 0.25) is 5.02 Å². The summed E-state index contributed by atoms with van der Waals surface area (Å²) in [6.07, 6.45) is 3.75. The van der Waals surface area contributed by atoms with Gasteiger partial charge in [0.1, 0.15) is 0 Å². The molecule has 0 unspecified atom stereocenters. The third-order valence-electron chi connectivity index (χ3n) is 2.19. The second-order valence-corrected chi connectivity index (χ2v) is 5.07. The van der Waals surface area contributed by atoms with Crippen molar-refractivity contribution in [1.82, 2.24) is 15.1 Å². The fourth-order valence-corrected chi connectivity index (χ4v) is 2.16. The zero-order valence-corrected chi connectivity index (χ0v) is 11.7. The lowest BCUT2D eigenvalue weighted by Gasteiger charge is -2.06. The molecule has 1 aromatic heterocycles. The van der Waals surface area contributed by atoms with Crippen molar-refractivity contribution in [3.05, 3.63) is 44.7 Å². The summed E-state index contributed by atoms with van der Waals surface area (Å²) >= 11 is 8.44. The van der Waals surface area contributed by atoms with Crippen molar-refractivity contribution in [2.75, 3.05) is 7.05 Å². The molecule has 16 heavy (non-hydrogen) atoms. The number of nitrogens with one attached hydrogen (secondary N) is 1. The van der Waals surface area contributed by atoms with Gasteiger partial charge in [-0.1, -0.05) is 17.7 Å². The van der Waals surface area contributed by atoms with Crippen LogP contribution >= 0.6 is 34.2 Å². The van der Waals surface area contributed by atoms with Crippen LogP contribution in [0.15, 0.2) is 30.6 Å². The SMILES string of the molecule is CNCc1ccc(-n2cc(I)cn2)c(Cl)c1. The summed E-state index contributed by atoms with van der Waals surface area (Å²) in [5, 5.41) is 8.04. The van der Waals surface area contributed by atoms with E-state index in [1.165, 1.54) is 0 Å². The maximum Gasteiger partial charge on any atom is 0.0832 e. The van der Waals surface area contributed by atoms with Gasteiger partial charge < -0.3 is 5.32 Å². The van der Waals surface area contributed by atoms with Gasteiger partial charge in [-0.05, 0) is 47.3 Å². The standard InChI is InChI=1S/C11H11ClIN3/c1-14-5-8-2-3-11(10(12)4-8)16-7-9(13)6-15-16/h2-4,6-7,14H,5H2,1H3. The Bertz CT molecular complexity index is 496. The number of rotatable bonds is 3. The fourth-order valence-electron chi connectivity index (χ4n) is 1.48. The molecular formula is C11H11ClIN3. The summed E-state index contributed by atoms with van der Waals surface area (Å²) in [6, 6.07) is 5.99. The van der Waals surface area contributed by atoms with E-state index in [0.717, 1.165) is 21.4 Å². The smallest absolute Gasteiger partial charge is 0.0832 e. The van der Waals surface area contributed by atoms with Crippen molar-refractivity contribution in [1.29, 1.82) is 0 Å². The van der Waals surface area contributed by atoms with Gasteiger partial charge in [0, 0.05) is 12.7 Å². The van der Waals surface area contributed by atoms with Crippen LogP contribution in [0, 0.1) is 3.57 Å². The first-order valence-electron chi connectivity index (χ1n) is 4.84. The lowest BCUT2D eigenvalue weighted by molar-refractivity contribution is 0.815. The number of benzene rings is 1. The Kier molecular flexibility index (Phi) is 3.83. The molecular weight excluding hydrogens is 336 g/mol. The molecule has 2 aromatic rings. The molecule has 0 radical (unpaired) electrons. The Morgan fingerprint density at radius 2 is 2.31 bits per heavy atom. The third kappa shape index (κ3) is 2.56. The molecule has 3 nitrogen and oxygen atoms in total. The van der Waals surface area contributed by atoms with Crippen LogP contribution in [-0.4, -0.2) is 16.8 Å². The zero-order valence-electron chi connectivity index (χ0n) is 8.74. The summed E-state index contributed by atoms with van der Waals surface area (Å²) in [7, 11) is 1.91. The largest absolute Gasteiger partial charge is 0.316 e. The van der Waals surface area contributed by atoms with E-state index < -0.39 is 0 Å². The normalized spacial score (nSPS) is 10.7. The fraction of sp³-hybridized carbons (Fsp3) is 0.182. The van der Waals surface area contributed by atoms with Gasteiger partial charge in [0.05, 0.1) is 20.5 Å². The predicted molar refractivity (Wildman–Crippen MR) is 74.1 cm³/mol. The lowest BCUT2D eigenvalue weighted by Crippen LogP contribution is -2.05. The van der Waals surface area contributed by atoms with Gasteiger partial charge in [0.15, 0.2) is 0 Å². The molecule has 0 fully saturated rings. The highest BCUT2D eigenvalue weighted by molar-refractivity contribution is 14.1. The molecule has 2 rings (SSSR count). The Morgan fingerprint density at radius 1 is 1.50 bits per heavy atom. The predicted octanol–water partition coefficient (Wildman–Crippen LogP) is 2.85. The summed E-state index contributed by atoms with van der Waals surface area (Å²) in [5.74, 6) is 0. The Morgan fingerprint density at radius 3 is 2.88 bits per heavy atom. The van der Waals surface area contributed by atoms with Crippen LogP contribution in [-0.2, 0) is 6.54 Å². The number of nitrogens with zero attached hydrogens (tertiary/aromatic N) is 2. The molecule has 1 N–H and O–H groups in total. The topological polar surface area (TPSA) is 29.9 Å². The van der Waals surface area contributed by atoms with Crippen LogP contribution in [0.5, 0.6) is 0 Å². The molecule has 0 amide bonds. The van der Waals surface area contributed by atoms with Crippen molar-refractivity contribution in [3.8, 4) is 5.69 Å². The van der Waals surface area contributed by atoms with Gasteiger partial charge in [0.2, 0.25) is 0 Å². The summed E-state index contributed by atoms with van der Waals surface area (Å²) in [5.41, 5.74) is 2.07. The first kappa shape index (κ1) is 11.9. The Hall–Kier alpha value is -0.590. The number of hydrogen-bond acceptors (Lipinski definition) is 2. The molecule has 5 heteroatoms. The van der Waals surface area contributed by atoms with Gasteiger partial charge in [0.25, 0.3) is 0 Å². The van der Waals surface area contributed by atoms with Crippen molar-refractivity contribution >= 4 is 34.2 Å². The molecule has 0 aliphatic heterocycles. The highest BCUT2D eigenvalue weighted by Crippen LogP contribution is 2.22. The summed E-state index contributed by atoms with van der Waals surface area (Å²) in [4.78, 5) is 0. The first-order valence-corrected chi connectivity index (χ1v) is 6.30. The van der Waals surface area contributed by atoms with E-state index in [-0.39, 0.29) is 0 Å². The molecule has 1 heterocycles. The second-order valence-electron chi connectivity index (χ2n) is 3.42. The maximum atomic E-state index is 6.22. The van der Waals surface area contributed by atoms with Crippen molar-refractivity contribution in [2.45, 2.75) is 6.54 Å². The van der Waals surface area contributed by atoms with E-state index in [4.69, 9.17) is 11.6 Å². The molecule has 84 valence electrons. The molecule has 0 saturated heterocycles. The summed E-state index contributed by atoms with van der Waals surface area (Å²) in [6.45, 7) is 0.816. The van der Waals surface area contributed by atoms with Gasteiger partial charge in [-0.3, -0.25) is 0 Å². The van der Waals surface area contributed by atoms with E-state index in [1.807, 2.05) is 31.4 Å². The van der Waals surface area contributed by atoms with Crippen molar-refractivity contribution < 1.29 is 0 Å². The molecule has 1 aromatic carbocycles. The first-order chi connectivity index (χ1) is 7.70. The second kappa shape index (κ2) is 5.16. The van der Waals surface area contributed by atoms with Gasteiger partial charge in [-0.15, -0.1) is 0 Å². The highest BCUT2D eigenvalue weighted by atomic mass is 127. The summed E-state index contributed by atoms with van der Waals surface area (Å²) < 4.78 is 2.88. The maximum absolute atomic E-state index is 6.22. The molecule has 0 aliphatic rings. The zero-order chi connectivity index (χ0) is 11.5. The number of halogens is 2. The monoisotopic (exact) mass is 347 g/mol. The van der Waals surface area contributed by atoms with E-state index in [1.54, 1.807) is 10.9 Å². The van der Waals surface area contributed by atoms with E-state index in [2.05, 4.69) is 33.0 Å². The van der Waals surface area contributed by atoms with Crippen LogP contribution < -0.4 is 5.32 Å². The van der Waals surface area contributed by atoms with Crippen LogP contribution in [0.1, 0.15) is 5.56 Å². The van der Waals surface area contributed by atoms with E-state index >= 15 is 0 Å². The van der Waals surface area contributed by atoms with Gasteiger partial charge in [-0.25, -0.2) is 4.68 Å². The van der Waals surface area contributed by atoms with E-state index in [0.29, 0.717) is 5.02 Å². The van der Waals surface area contributed by atoms with Gasteiger partial charge >= 0.3 is 0 Å². The van der Waals surface area contributed by atoms with Crippen LogP contribution in [0.4, 0.5) is 0 Å². The average Bonchev–Trinajstić information content (AvgIpc) is 2.65. The van der Waals surface area contributed by atoms with Gasteiger partial charge in [-0.2, -0.15) is 5.10 Å². The Balaban J connectivity index is 2.36. The van der Waals surface area contributed by atoms with Crippen LogP contribution in [0.25, 0.3) is 5.69 Å². The van der Waals surface area contributed by atoms with Crippen molar-refractivity contribution in [2.24, 2.45) is 0 Å². The van der Waals surface area contributed by atoms with E-state index in [9.17, 15) is 0 Å². The highest BCUT2D eigenvalue weighted by Gasteiger charge is 2.05. The molecule has 0 bridgehead atoms. The number of hydrogen-bond donors (Lipinski definition) is 1. The van der Waals surface area contributed by atoms with Crippen LogP contribution in [0.3, 0.4) is 0 Å². The molecule has 0 atom stereocenters. The van der Waals surface area contributed by atoms with Crippen molar-refractivity contribution in [3.63, 3.8) is 0 Å². The molecule has 0 aliphatic carbocycles. The molecule has 0 saturated carbocycles. The number of aromatic nitrogens is 2. The Labute approximate surface area is 113 Å². The average molecular weight is 348 g/mol. The third-order valence-corrected chi connectivity index (χ3v) is 3.05. The minimum Gasteiger partial charge on any atom is -0.316 e. The molecule has 0 spiro atoms. The minimum absolute atomic E-state index is 0.715.